The second-order valence-electron chi connectivity index (χ2n) is 4.69. The van der Waals surface area contributed by atoms with Crippen LogP contribution in [0.2, 0.25) is 0 Å². The van der Waals surface area contributed by atoms with Gasteiger partial charge in [-0.2, -0.15) is 0 Å². The lowest BCUT2D eigenvalue weighted by atomic mass is 9.96. The third-order valence-electron chi connectivity index (χ3n) is 3.54. The molecule has 1 amide bonds. The Morgan fingerprint density at radius 1 is 1.50 bits per heavy atom. The number of carbonyl (C=O) groups is 1. The highest BCUT2D eigenvalue weighted by molar-refractivity contribution is 5.79. The summed E-state index contributed by atoms with van der Waals surface area (Å²) in [6.45, 7) is 1.72. The summed E-state index contributed by atoms with van der Waals surface area (Å²) in [6.07, 6.45) is 1.95. The van der Waals surface area contributed by atoms with Crippen molar-refractivity contribution in [3.8, 4) is 0 Å². The Hall–Kier alpha value is -1.55. The van der Waals surface area contributed by atoms with E-state index in [2.05, 4.69) is 10.2 Å². The van der Waals surface area contributed by atoms with Crippen LogP contribution in [0.3, 0.4) is 0 Å². The minimum Gasteiger partial charge on any atom is -0.392 e. The first-order valence-electron chi connectivity index (χ1n) is 6.41. The Bertz CT molecular complexity index is 420. The van der Waals surface area contributed by atoms with Crippen LogP contribution in [0.25, 0.3) is 0 Å². The van der Waals surface area contributed by atoms with E-state index in [9.17, 15) is 9.90 Å². The number of rotatable bonds is 3. The molecule has 0 aliphatic carbocycles. The molecule has 0 spiro atoms. The van der Waals surface area contributed by atoms with Crippen LogP contribution in [0.5, 0.6) is 0 Å². The van der Waals surface area contributed by atoms with Crippen LogP contribution in [-0.2, 0) is 11.4 Å². The molecule has 0 radical (unpaired) electrons. The van der Waals surface area contributed by atoms with Gasteiger partial charge in [0.05, 0.1) is 12.5 Å². The summed E-state index contributed by atoms with van der Waals surface area (Å²) in [6, 6.07) is 7.84. The number of aliphatic hydroxyl groups excluding tert-OH is 1. The van der Waals surface area contributed by atoms with E-state index in [0.717, 1.165) is 37.2 Å². The molecule has 2 rings (SSSR count). The predicted molar refractivity (Wildman–Crippen MR) is 71.4 cm³/mol. The summed E-state index contributed by atoms with van der Waals surface area (Å²) >= 11 is 0. The Morgan fingerprint density at radius 3 is 3.00 bits per heavy atom. The molecular weight excluding hydrogens is 228 g/mol. The maximum absolute atomic E-state index is 11.7. The number of hydrogen-bond donors (Lipinski definition) is 2. The van der Waals surface area contributed by atoms with Crippen molar-refractivity contribution in [2.24, 2.45) is 5.92 Å². The van der Waals surface area contributed by atoms with Gasteiger partial charge in [-0.3, -0.25) is 4.79 Å². The van der Waals surface area contributed by atoms with E-state index in [1.165, 1.54) is 0 Å². The molecule has 1 heterocycles. The van der Waals surface area contributed by atoms with Crippen LogP contribution >= 0.6 is 0 Å². The van der Waals surface area contributed by atoms with Gasteiger partial charge in [-0.25, -0.2) is 0 Å². The Kier molecular flexibility index (Phi) is 4.20. The van der Waals surface area contributed by atoms with Gasteiger partial charge in [0, 0.05) is 31.4 Å². The van der Waals surface area contributed by atoms with Gasteiger partial charge in [-0.1, -0.05) is 18.2 Å². The zero-order valence-electron chi connectivity index (χ0n) is 10.7. The Balaban J connectivity index is 2.15. The highest BCUT2D eigenvalue weighted by Gasteiger charge is 2.25. The first kappa shape index (κ1) is 12.9. The standard InChI is InChI=1S/C14H20N2O2/c1-15-14(18)11-6-4-8-16(9-11)13-7-3-2-5-12(13)10-17/h2-3,5,7,11,17H,4,6,8-10H2,1H3,(H,15,18). The van der Waals surface area contributed by atoms with E-state index in [1.54, 1.807) is 7.05 Å². The van der Waals surface area contributed by atoms with E-state index >= 15 is 0 Å². The number of nitrogens with one attached hydrogen (secondary N) is 1. The summed E-state index contributed by atoms with van der Waals surface area (Å²) in [5, 5.41) is 12.1. The lowest BCUT2D eigenvalue weighted by Crippen LogP contribution is -2.42. The van der Waals surface area contributed by atoms with Crippen molar-refractivity contribution in [1.82, 2.24) is 5.32 Å². The fourth-order valence-electron chi connectivity index (χ4n) is 2.57. The first-order chi connectivity index (χ1) is 8.76. The van der Waals surface area contributed by atoms with Gasteiger partial charge in [-0.05, 0) is 18.9 Å². The van der Waals surface area contributed by atoms with Gasteiger partial charge in [0.2, 0.25) is 5.91 Å². The molecule has 1 unspecified atom stereocenters. The molecule has 98 valence electrons. The molecule has 1 saturated heterocycles. The molecule has 1 fully saturated rings. The van der Waals surface area contributed by atoms with Crippen LogP contribution < -0.4 is 10.2 Å². The number of amides is 1. The van der Waals surface area contributed by atoms with Gasteiger partial charge in [0.15, 0.2) is 0 Å². The van der Waals surface area contributed by atoms with E-state index in [4.69, 9.17) is 0 Å². The van der Waals surface area contributed by atoms with Crippen molar-refractivity contribution in [3.05, 3.63) is 29.8 Å². The van der Waals surface area contributed by atoms with Crippen LogP contribution in [0.1, 0.15) is 18.4 Å². The maximum atomic E-state index is 11.7. The lowest BCUT2D eigenvalue weighted by molar-refractivity contribution is -0.124. The van der Waals surface area contributed by atoms with Crippen molar-refractivity contribution in [2.75, 3.05) is 25.0 Å². The molecule has 18 heavy (non-hydrogen) atoms. The summed E-state index contributed by atoms with van der Waals surface area (Å²) in [5.74, 6) is 0.164. The number of benzene rings is 1. The van der Waals surface area contributed by atoms with Crippen LogP contribution in [0.15, 0.2) is 24.3 Å². The number of anilines is 1. The van der Waals surface area contributed by atoms with Gasteiger partial charge in [0.25, 0.3) is 0 Å². The van der Waals surface area contributed by atoms with Crippen molar-refractivity contribution in [3.63, 3.8) is 0 Å². The number of piperidine rings is 1. The molecule has 4 heteroatoms. The molecule has 0 aromatic heterocycles. The fraction of sp³-hybridized carbons (Fsp3) is 0.500. The van der Waals surface area contributed by atoms with Gasteiger partial charge in [0.1, 0.15) is 0 Å². The summed E-state index contributed by atoms with van der Waals surface area (Å²) in [4.78, 5) is 13.9. The topological polar surface area (TPSA) is 52.6 Å². The highest BCUT2D eigenvalue weighted by Crippen LogP contribution is 2.26. The molecule has 1 aromatic carbocycles. The van der Waals surface area contributed by atoms with Crippen LogP contribution in [-0.4, -0.2) is 31.2 Å². The molecule has 0 saturated carbocycles. The fourth-order valence-corrected chi connectivity index (χ4v) is 2.57. The van der Waals surface area contributed by atoms with Crippen molar-refractivity contribution in [2.45, 2.75) is 19.4 Å². The van der Waals surface area contributed by atoms with E-state index in [-0.39, 0.29) is 18.4 Å². The lowest BCUT2D eigenvalue weighted by Gasteiger charge is -2.34. The van der Waals surface area contributed by atoms with Crippen molar-refractivity contribution >= 4 is 11.6 Å². The largest absolute Gasteiger partial charge is 0.392 e. The minimum absolute atomic E-state index is 0.0390. The Labute approximate surface area is 108 Å². The SMILES string of the molecule is CNC(=O)C1CCCN(c2ccccc2CO)C1. The monoisotopic (exact) mass is 248 g/mol. The van der Waals surface area contributed by atoms with Crippen LogP contribution in [0.4, 0.5) is 5.69 Å². The van der Waals surface area contributed by atoms with E-state index in [1.807, 2.05) is 24.3 Å². The number of aliphatic hydroxyl groups is 1. The van der Waals surface area contributed by atoms with E-state index in [0.29, 0.717) is 0 Å². The normalized spacial score (nSPS) is 19.7. The number of hydrogen-bond acceptors (Lipinski definition) is 3. The average molecular weight is 248 g/mol. The second kappa shape index (κ2) is 5.87. The number of carbonyl (C=O) groups excluding carboxylic acids is 1. The maximum Gasteiger partial charge on any atom is 0.224 e. The zero-order chi connectivity index (χ0) is 13.0. The summed E-state index contributed by atoms with van der Waals surface area (Å²) < 4.78 is 0. The van der Waals surface area contributed by atoms with Crippen LogP contribution in [0, 0.1) is 5.92 Å². The highest BCUT2D eigenvalue weighted by atomic mass is 16.3. The molecule has 0 bridgehead atoms. The molecule has 1 aliphatic heterocycles. The third-order valence-corrected chi connectivity index (χ3v) is 3.54. The molecule has 1 atom stereocenters. The quantitative estimate of drug-likeness (QED) is 0.843. The smallest absolute Gasteiger partial charge is 0.224 e. The van der Waals surface area contributed by atoms with Gasteiger partial charge < -0.3 is 15.3 Å². The molecule has 4 nitrogen and oxygen atoms in total. The molecule has 2 N–H and O–H groups in total. The molecule has 1 aromatic rings. The number of para-hydroxylation sites is 1. The summed E-state index contributed by atoms with van der Waals surface area (Å²) in [5.41, 5.74) is 1.98. The second-order valence-corrected chi connectivity index (χ2v) is 4.69. The molecule has 1 aliphatic rings. The minimum atomic E-state index is 0.0390. The third kappa shape index (κ3) is 2.64. The predicted octanol–water partition coefficient (Wildman–Crippen LogP) is 1.14. The average Bonchev–Trinajstić information content (AvgIpc) is 2.46. The molecular formula is C14H20N2O2. The number of nitrogens with zero attached hydrogens (tertiary/aromatic N) is 1. The van der Waals surface area contributed by atoms with Gasteiger partial charge >= 0.3 is 0 Å². The van der Waals surface area contributed by atoms with Gasteiger partial charge in [-0.15, -0.1) is 0 Å². The van der Waals surface area contributed by atoms with Crippen molar-refractivity contribution < 1.29 is 9.90 Å². The zero-order valence-corrected chi connectivity index (χ0v) is 10.7. The summed E-state index contributed by atoms with van der Waals surface area (Å²) in [7, 11) is 1.68. The Morgan fingerprint density at radius 2 is 2.28 bits per heavy atom. The van der Waals surface area contributed by atoms with Crippen molar-refractivity contribution in [1.29, 1.82) is 0 Å². The van der Waals surface area contributed by atoms with E-state index < -0.39 is 0 Å². The first-order valence-corrected chi connectivity index (χ1v) is 6.41.